The van der Waals surface area contributed by atoms with E-state index in [1.54, 1.807) is 6.08 Å². The van der Waals surface area contributed by atoms with Gasteiger partial charge in [0.1, 0.15) is 0 Å². The minimum absolute atomic E-state index is 0.0525. The molecule has 0 unspecified atom stereocenters. The van der Waals surface area contributed by atoms with Crippen molar-refractivity contribution in [2.45, 2.75) is 13.3 Å². The first-order chi connectivity index (χ1) is 8.24. The van der Waals surface area contributed by atoms with E-state index in [-0.39, 0.29) is 5.91 Å². The van der Waals surface area contributed by atoms with Gasteiger partial charge in [0.25, 0.3) is 5.91 Å². The number of hydrogen-bond donors (Lipinski definition) is 1. The Labute approximate surface area is 103 Å². The Morgan fingerprint density at radius 3 is 2.76 bits per heavy atom. The fraction of sp³-hybridized carbons (Fsp3) is 0.357. The van der Waals surface area contributed by atoms with Crippen molar-refractivity contribution in [3.63, 3.8) is 0 Å². The Hall–Kier alpha value is -1.77. The zero-order valence-corrected chi connectivity index (χ0v) is 10.6. The summed E-state index contributed by atoms with van der Waals surface area (Å²) in [5.74, 6) is 0.0525. The highest BCUT2D eigenvalue weighted by molar-refractivity contribution is 5.99. The normalized spacial score (nSPS) is 9.76. The van der Waals surface area contributed by atoms with Crippen molar-refractivity contribution in [1.29, 1.82) is 0 Å². The van der Waals surface area contributed by atoms with Crippen LogP contribution >= 0.6 is 0 Å². The first kappa shape index (κ1) is 13.3. The maximum absolute atomic E-state index is 12.3. The third-order valence-electron chi connectivity index (χ3n) is 2.56. The number of amides is 1. The Morgan fingerprint density at radius 2 is 2.18 bits per heavy atom. The second kappa shape index (κ2) is 6.74. The Kier molecular flexibility index (Phi) is 5.27. The molecule has 1 N–H and O–H groups in total. The Balaban J connectivity index is 2.95. The van der Waals surface area contributed by atoms with Gasteiger partial charge in [0.15, 0.2) is 0 Å². The van der Waals surface area contributed by atoms with Crippen LogP contribution in [0.25, 0.3) is 0 Å². The van der Waals surface area contributed by atoms with E-state index in [1.807, 2.05) is 36.2 Å². The molecule has 0 aliphatic carbocycles. The summed E-state index contributed by atoms with van der Waals surface area (Å²) in [6, 6.07) is 7.55. The zero-order valence-electron chi connectivity index (χ0n) is 10.6. The van der Waals surface area contributed by atoms with Gasteiger partial charge in [-0.1, -0.05) is 25.1 Å². The maximum Gasteiger partial charge on any atom is 0.256 e. The lowest BCUT2D eigenvalue weighted by atomic mass is 10.1. The number of carbonyl (C=O) groups excluding carboxylic acids is 1. The molecule has 0 aromatic heterocycles. The molecule has 1 aromatic carbocycles. The van der Waals surface area contributed by atoms with Crippen LogP contribution in [0.3, 0.4) is 0 Å². The molecule has 0 bridgehead atoms. The summed E-state index contributed by atoms with van der Waals surface area (Å²) >= 11 is 0. The molecule has 0 spiro atoms. The van der Waals surface area contributed by atoms with Gasteiger partial charge in [-0.25, -0.2) is 0 Å². The molecule has 1 aromatic rings. The molecule has 1 amide bonds. The molecule has 17 heavy (non-hydrogen) atoms. The molecule has 0 heterocycles. The molecule has 3 heteroatoms. The number of carbonyl (C=O) groups is 1. The molecule has 0 saturated carbocycles. The van der Waals surface area contributed by atoms with E-state index >= 15 is 0 Å². The summed E-state index contributed by atoms with van der Waals surface area (Å²) in [7, 11) is 1.82. The molecular weight excluding hydrogens is 212 g/mol. The molecule has 0 atom stereocenters. The van der Waals surface area contributed by atoms with E-state index in [0.29, 0.717) is 12.1 Å². The molecule has 1 rings (SSSR count). The lowest BCUT2D eigenvalue weighted by Crippen LogP contribution is -2.32. The van der Waals surface area contributed by atoms with E-state index in [9.17, 15) is 4.79 Å². The zero-order chi connectivity index (χ0) is 12.7. The monoisotopic (exact) mass is 232 g/mol. The highest BCUT2D eigenvalue weighted by Gasteiger charge is 2.16. The number of rotatable bonds is 6. The van der Waals surface area contributed by atoms with E-state index in [0.717, 1.165) is 18.7 Å². The molecule has 0 fully saturated rings. The van der Waals surface area contributed by atoms with Crippen LogP contribution < -0.4 is 5.32 Å². The molecular formula is C14H20N2O. The number of para-hydroxylation sites is 1. The van der Waals surface area contributed by atoms with E-state index in [2.05, 4.69) is 18.8 Å². The van der Waals surface area contributed by atoms with Crippen molar-refractivity contribution >= 4 is 11.6 Å². The number of hydrogen-bond acceptors (Lipinski definition) is 2. The highest BCUT2D eigenvalue weighted by Crippen LogP contribution is 2.16. The quantitative estimate of drug-likeness (QED) is 0.765. The van der Waals surface area contributed by atoms with Gasteiger partial charge in [0.05, 0.1) is 5.56 Å². The number of anilines is 1. The predicted octanol–water partition coefficient (Wildman–Crippen LogP) is 2.77. The average molecular weight is 232 g/mol. The number of nitrogens with zero attached hydrogens (tertiary/aromatic N) is 1. The third-order valence-corrected chi connectivity index (χ3v) is 2.56. The van der Waals surface area contributed by atoms with Gasteiger partial charge in [-0.3, -0.25) is 4.79 Å². The molecule has 0 aliphatic rings. The van der Waals surface area contributed by atoms with Crippen LogP contribution in [0.1, 0.15) is 23.7 Å². The van der Waals surface area contributed by atoms with Gasteiger partial charge < -0.3 is 10.2 Å². The summed E-state index contributed by atoms with van der Waals surface area (Å²) in [5, 5.41) is 3.04. The van der Waals surface area contributed by atoms with Gasteiger partial charge in [0, 0.05) is 25.8 Å². The van der Waals surface area contributed by atoms with Crippen molar-refractivity contribution in [3.8, 4) is 0 Å². The SMILES string of the molecule is C=CCN(CCC)C(=O)c1ccccc1NC. The first-order valence-corrected chi connectivity index (χ1v) is 5.91. The second-order valence-corrected chi connectivity index (χ2v) is 3.84. The summed E-state index contributed by atoms with van der Waals surface area (Å²) in [6.07, 6.45) is 2.71. The summed E-state index contributed by atoms with van der Waals surface area (Å²) < 4.78 is 0. The first-order valence-electron chi connectivity index (χ1n) is 5.91. The Morgan fingerprint density at radius 1 is 1.47 bits per heavy atom. The Bertz CT molecular complexity index is 388. The summed E-state index contributed by atoms with van der Waals surface area (Å²) in [4.78, 5) is 14.2. The van der Waals surface area contributed by atoms with Crippen LogP contribution in [0, 0.1) is 0 Å². The smallest absolute Gasteiger partial charge is 0.256 e. The van der Waals surface area contributed by atoms with Crippen LogP contribution in [-0.4, -0.2) is 30.9 Å². The van der Waals surface area contributed by atoms with Gasteiger partial charge >= 0.3 is 0 Å². The lowest BCUT2D eigenvalue weighted by molar-refractivity contribution is 0.0775. The fourth-order valence-electron chi connectivity index (χ4n) is 1.76. The topological polar surface area (TPSA) is 32.3 Å². The van der Waals surface area contributed by atoms with Gasteiger partial charge in [-0.15, -0.1) is 6.58 Å². The van der Waals surface area contributed by atoms with Crippen molar-refractivity contribution < 1.29 is 4.79 Å². The van der Waals surface area contributed by atoms with Gasteiger partial charge in [-0.2, -0.15) is 0 Å². The third kappa shape index (κ3) is 3.34. The number of nitrogens with one attached hydrogen (secondary N) is 1. The largest absolute Gasteiger partial charge is 0.387 e. The minimum Gasteiger partial charge on any atom is -0.387 e. The molecule has 0 saturated heterocycles. The van der Waals surface area contributed by atoms with Crippen LogP contribution in [-0.2, 0) is 0 Å². The maximum atomic E-state index is 12.3. The van der Waals surface area contributed by atoms with Gasteiger partial charge in [0.2, 0.25) is 0 Å². The molecule has 92 valence electrons. The van der Waals surface area contributed by atoms with E-state index < -0.39 is 0 Å². The van der Waals surface area contributed by atoms with Gasteiger partial charge in [-0.05, 0) is 18.6 Å². The standard InChI is InChI=1S/C14H20N2O/c1-4-10-16(11-5-2)14(17)12-8-6-7-9-13(12)15-3/h4,6-9,15H,1,5,10-11H2,2-3H3. The molecule has 0 radical (unpaired) electrons. The van der Waals surface area contributed by atoms with E-state index in [4.69, 9.17) is 0 Å². The summed E-state index contributed by atoms with van der Waals surface area (Å²) in [6.45, 7) is 7.10. The van der Waals surface area contributed by atoms with Crippen LogP contribution in [0.4, 0.5) is 5.69 Å². The van der Waals surface area contributed by atoms with Crippen molar-refractivity contribution in [2.75, 3.05) is 25.5 Å². The summed E-state index contributed by atoms with van der Waals surface area (Å²) in [5.41, 5.74) is 1.58. The van der Waals surface area contributed by atoms with Crippen LogP contribution in [0.2, 0.25) is 0 Å². The molecule has 3 nitrogen and oxygen atoms in total. The van der Waals surface area contributed by atoms with Crippen molar-refractivity contribution in [1.82, 2.24) is 4.90 Å². The predicted molar refractivity (Wildman–Crippen MR) is 72.4 cm³/mol. The van der Waals surface area contributed by atoms with Crippen LogP contribution in [0.5, 0.6) is 0 Å². The fourth-order valence-corrected chi connectivity index (χ4v) is 1.76. The van der Waals surface area contributed by atoms with Crippen molar-refractivity contribution in [3.05, 3.63) is 42.5 Å². The average Bonchev–Trinajstić information content (AvgIpc) is 2.37. The highest BCUT2D eigenvalue weighted by atomic mass is 16.2. The second-order valence-electron chi connectivity index (χ2n) is 3.84. The van der Waals surface area contributed by atoms with Crippen LogP contribution in [0.15, 0.2) is 36.9 Å². The molecule has 0 aliphatic heterocycles. The van der Waals surface area contributed by atoms with Crippen molar-refractivity contribution in [2.24, 2.45) is 0 Å². The van der Waals surface area contributed by atoms with E-state index in [1.165, 1.54) is 0 Å². The number of benzene rings is 1. The lowest BCUT2D eigenvalue weighted by Gasteiger charge is -2.21. The minimum atomic E-state index is 0.0525.